The molecule has 1 aliphatic heterocycles. The van der Waals surface area contributed by atoms with Crippen LogP contribution in [-0.2, 0) is 14.3 Å². The van der Waals surface area contributed by atoms with E-state index in [0.717, 1.165) is 0 Å². The van der Waals surface area contributed by atoms with E-state index in [0.29, 0.717) is 22.7 Å². The Kier molecular flexibility index (Phi) is 5.55. The summed E-state index contributed by atoms with van der Waals surface area (Å²) in [5.41, 5.74) is 0.920. The molecule has 0 spiro atoms. The Labute approximate surface area is 155 Å². The summed E-state index contributed by atoms with van der Waals surface area (Å²) in [6.45, 7) is 1.15. The van der Waals surface area contributed by atoms with Gasteiger partial charge in [0.05, 0.1) is 0 Å². The number of amides is 2. The average molecular weight is 370 g/mol. The molecule has 0 aliphatic carbocycles. The molecule has 2 amide bonds. The second-order valence-corrected chi connectivity index (χ2v) is 5.79. The van der Waals surface area contributed by atoms with Gasteiger partial charge in [0.25, 0.3) is 11.8 Å². The van der Waals surface area contributed by atoms with Crippen LogP contribution in [0.1, 0.15) is 17.3 Å². The number of esters is 1. The maximum Gasteiger partial charge on any atom is 0.328 e. The van der Waals surface area contributed by atoms with Crippen LogP contribution < -0.4 is 20.1 Å². The van der Waals surface area contributed by atoms with E-state index in [1.165, 1.54) is 6.92 Å². The standard InChI is InChI=1S/C19H18N2O6/c1-12(20-18(23)13-5-3-2-4-6-13)19(24)25-10-17(22)21-14-7-8-15-16(9-14)27-11-26-15/h2-9,12H,10-11H2,1H3,(H,20,23)(H,21,22)/t12-/m1/s1. The number of hydrogen-bond acceptors (Lipinski definition) is 6. The number of fused-ring (bicyclic) bond motifs is 1. The van der Waals surface area contributed by atoms with E-state index in [-0.39, 0.29) is 6.79 Å². The molecular weight excluding hydrogens is 352 g/mol. The van der Waals surface area contributed by atoms with Crippen LogP contribution in [0.25, 0.3) is 0 Å². The molecule has 0 aromatic heterocycles. The Morgan fingerprint density at radius 2 is 1.81 bits per heavy atom. The van der Waals surface area contributed by atoms with Gasteiger partial charge in [0.1, 0.15) is 6.04 Å². The molecule has 2 aromatic carbocycles. The molecular formula is C19H18N2O6. The van der Waals surface area contributed by atoms with Crippen LogP contribution in [0.4, 0.5) is 5.69 Å². The van der Waals surface area contributed by atoms with Crippen LogP contribution in [-0.4, -0.2) is 37.2 Å². The van der Waals surface area contributed by atoms with Gasteiger partial charge in [-0.3, -0.25) is 9.59 Å². The van der Waals surface area contributed by atoms with E-state index in [2.05, 4.69) is 10.6 Å². The highest BCUT2D eigenvalue weighted by molar-refractivity contribution is 5.97. The molecule has 0 saturated heterocycles. The van der Waals surface area contributed by atoms with E-state index >= 15 is 0 Å². The Bertz CT molecular complexity index is 853. The van der Waals surface area contributed by atoms with Crippen molar-refractivity contribution in [1.82, 2.24) is 5.32 Å². The second kappa shape index (κ2) is 8.22. The summed E-state index contributed by atoms with van der Waals surface area (Å²) in [5, 5.41) is 5.12. The summed E-state index contributed by atoms with van der Waals surface area (Å²) in [4.78, 5) is 35.9. The molecule has 3 rings (SSSR count). The van der Waals surface area contributed by atoms with Crippen LogP contribution in [0.3, 0.4) is 0 Å². The third-order valence-electron chi connectivity index (χ3n) is 3.74. The first-order valence-corrected chi connectivity index (χ1v) is 8.25. The summed E-state index contributed by atoms with van der Waals surface area (Å²) in [6, 6.07) is 12.5. The van der Waals surface area contributed by atoms with Gasteiger partial charge in [0.15, 0.2) is 18.1 Å². The number of carbonyl (C=O) groups is 3. The molecule has 1 heterocycles. The van der Waals surface area contributed by atoms with Crippen molar-refractivity contribution in [3.8, 4) is 11.5 Å². The quantitative estimate of drug-likeness (QED) is 0.751. The number of benzene rings is 2. The molecule has 8 heteroatoms. The molecule has 0 unspecified atom stereocenters. The lowest BCUT2D eigenvalue weighted by Gasteiger charge is -2.13. The molecule has 0 saturated carbocycles. The molecule has 140 valence electrons. The molecule has 0 fully saturated rings. The highest BCUT2D eigenvalue weighted by Crippen LogP contribution is 2.34. The first kappa shape index (κ1) is 18.2. The molecule has 0 bridgehead atoms. The minimum absolute atomic E-state index is 0.136. The van der Waals surface area contributed by atoms with Crippen molar-refractivity contribution in [2.45, 2.75) is 13.0 Å². The third-order valence-corrected chi connectivity index (χ3v) is 3.74. The SMILES string of the molecule is C[C@@H](NC(=O)c1ccccc1)C(=O)OCC(=O)Nc1ccc2c(c1)OCO2. The average Bonchev–Trinajstić information content (AvgIpc) is 3.14. The fourth-order valence-corrected chi connectivity index (χ4v) is 2.36. The Morgan fingerprint density at radius 3 is 2.59 bits per heavy atom. The van der Waals surface area contributed by atoms with E-state index in [9.17, 15) is 14.4 Å². The summed E-state index contributed by atoms with van der Waals surface area (Å²) in [5.74, 6) is -0.488. The van der Waals surface area contributed by atoms with Crippen molar-refractivity contribution in [2.75, 3.05) is 18.7 Å². The number of nitrogens with one attached hydrogen (secondary N) is 2. The van der Waals surface area contributed by atoms with Gasteiger partial charge in [0, 0.05) is 17.3 Å². The maximum absolute atomic E-state index is 12.0. The van der Waals surface area contributed by atoms with Crippen LogP contribution >= 0.6 is 0 Å². The van der Waals surface area contributed by atoms with E-state index in [4.69, 9.17) is 14.2 Å². The van der Waals surface area contributed by atoms with Crippen molar-refractivity contribution in [1.29, 1.82) is 0 Å². The zero-order valence-corrected chi connectivity index (χ0v) is 14.6. The predicted molar refractivity (Wildman–Crippen MR) is 95.5 cm³/mol. The van der Waals surface area contributed by atoms with Crippen molar-refractivity contribution >= 4 is 23.5 Å². The van der Waals surface area contributed by atoms with Crippen LogP contribution in [0, 0.1) is 0 Å². The van der Waals surface area contributed by atoms with Gasteiger partial charge in [-0.25, -0.2) is 4.79 Å². The molecule has 27 heavy (non-hydrogen) atoms. The number of carbonyl (C=O) groups excluding carboxylic acids is 3. The lowest BCUT2D eigenvalue weighted by atomic mass is 10.2. The van der Waals surface area contributed by atoms with Crippen molar-refractivity contribution in [3.05, 3.63) is 54.1 Å². The first-order valence-electron chi connectivity index (χ1n) is 8.25. The monoisotopic (exact) mass is 370 g/mol. The highest BCUT2D eigenvalue weighted by atomic mass is 16.7. The van der Waals surface area contributed by atoms with Gasteiger partial charge >= 0.3 is 5.97 Å². The number of ether oxygens (including phenoxy) is 3. The minimum atomic E-state index is -0.893. The number of hydrogen-bond donors (Lipinski definition) is 2. The fourth-order valence-electron chi connectivity index (χ4n) is 2.36. The van der Waals surface area contributed by atoms with E-state index in [1.54, 1.807) is 48.5 Å². The minimum Gasteiger partial charge on any atom is -0.454 e. The zero-order valence-electron chi connectivity index (χ0n) is 14.6. The largest absolute Gasteiger partial charge is 0.454 e. The van der Waals surface area contributed by atoms with Gasteiger partial charge in [-0.05, 0) is 31.2 Å². The second-order valence-electron chi connectivity index (χ2n) is 5.79. The van der Waals surface area contributed by atoms with Crippen LogP contribution in [0.15, 0.2) is 48.5 Å². The van der Waals surface area contributed by atoms with Crippen molar-refractivity contribution in [3.63, 3.8) is 0 Å². The lowest BCUT2D eigenvalue weighted by Crippen LogP contribution is -2.40. The van der Waals surface area contributed by atoms with Gasteiger partial charge in [-0.1, -0.05) is 18.2 Å². The van der Waals surface area contributed by atoms with Gasteiger partial charge in [0.2, 0.25) is 6.79 Å². The summed E-state index contributed by atoms with van der Waals surface area (Å²) in [7, 11) is 0. The molecule has 2 aromatic rings. The summed E-state index contributed by atoms with van der Waals surface area (Å²) < 4.78 is 15.4. The predicted octanol–water partition coefficient (Wildman–Crippen LogP) is 1.72. The van der Waals surface area contributed by atoms with Crippen LogP contribution in [0.5, 0.6) is 11.5 Å². The van der Waals surface area contributed by atoms with Crippen molar-refractivity contribution in [2.24, 2.45) is 0 Å². The Hall–Kier alpha value is -3.55. The topological polar surface area (TPSA) is 103 Å². The van der Waals surface area contributed by atoms with E-state index < -0.39 is 30.4 Å². The lowest BCUT2D eigenvalue weighted by molar-refractivity contribution is -0.148. The number of anilines is 1. The zero-order chi connectivity index (χ0) is 19.2. The molecule has 1 aliphatic rings. The maximum atomic E-state index is 12.0. The molecule has 1 atom stereocenters. The van der Waals surface area contributed by atoms with E-state index in [1.807, 2.05) is 0 Å². The number of rotatable bonds is 6. The normalized spacial score (nSPS) is 12.8. The van der Waals surface area contributed by atoms with Crippen LogP contribution in [0.2, 0.25) is 0 Å². The van der Waals surface area contributed by atoms with Gasteiger partial charge in [-0.15, -0.1) is 0 Å². The summed E-state index contributed by atoms with van der Waals surface area (Å²) >= 11 is 0. The molecule has 2 N–H and O–H groups in total. The Balaban J connectivity index is 1.45. The van der Waals surface area contributed by atoms with Crippen molar-refractivity contribution < 1.29 is 28.6 Å². The third kappa shape index (κ3) is 4.75. The first-order chi connectivity index (χ1) is 13.0. The smallest absolute Gasteiger partial charge is 0.328 e. The fraction of sp³-hybridized carbons (Fsp3) is 0.211. The summed E-state index contributed by atoms with van der Waals surface area (Å²) in [6.07, 6.45) is 0. The Morgan fingerprint density at radius 1 is 1.07 bits per heavy atom. The van der Waals surface area contributed by atoms with Gasteiger partial charge in [-0.2, -0.15) is 0 Å². The molecule has 8 nitrogen and oxygen atoms in total. The molecule has 0 radical (unpaired) electrons. The van der Waals surface area contributed by atoms with Gasteiger partial charge < -0.3 is 24.8 Å². The highest BCUT2D eigenvalue weighted by Gasteiger charge is 2.19.